The van der Waals surface area contributed by atoms with Crippen LogP contribution in [0.5, 0.6) is 0 Å². The molecule has 0 unspecified atom stereocenters. The van der Waals surface area contributed by atoms with E-state index in [4.69, 9.17) is 0 Å². The van der Waals surface area contributed by atoms with E-state index in [9.17, 15) is 9.59 Å². The van der Waals surface area contributed by atoms with Gasteiger partial charge in [0.1, 0.15) is 5.65 Å². The van der Waals surface area contributed by atoms with E-state index >= 15 is 0 Å². The summed E-state index contributed by atoms with van der Waals surface area (Å²) in [6.07, 6.45) is 3.38. The molecule has 6 heteroatoms. The third kappa shape index (κ3) is 3.21. The molecule has 3 rings (SSSR count). The molecule has 0 aliphatic heterocycles. The van der Waals surface area contributed by atoms with Gasteiger partial charge in [-0.25, -0.2) is 4.98 Å². The smallest absolute Gasteiger partial charge is 0.255 e. The fourth-order valence-electron chi connectivity index (χ4n) is 2.28. The zero-order valence-electron chi connectivity index (χ0n) is 12.6. The molecule has 0 bridgehead atoms. The summed E-state index contributed by atoms with van der Waals surface area (Å²) in [5.41, 5.74) is 2.24. The number of pyridine rings is 1. The van der Waals surface area contributed by atoms with E-state index in [-0.39, 0.29) is 11.8 Å². The van der Waals surface area contributed by atoms with Crippen LogP contribution in [0, 0.1) is 0 Å². The lowest BCUT2D eigenvalue weighted by molar-refractivity contribution is 0.0956. The number of carbonyl (C=O) groups is 2. The maximum Gasteiger partial charge on any atom is 0.255 e. The number of H-pyrrole nitrogens is 1. The summed E-state index contributed by atoms with van der Waals surface area (Å²) < 4.78 is 0. The van der Waals surface area contributed by atoms with Gasteiger partial charge in [-0.3, -0.25) is 9.59 Å². The molecule has 0 spiro atoms. The van der Waals surface area contributed by atoms with Gasteiger partial charge in [0.25, 0.3) is 11.8 Å². The quantitative estimate of drug-likeness (QED) is 0.692. The Morgan fingerprint density at radius 2 is 1.91 bits per heavy atom. The molecule has 0 atom stereocenters. The van der Waals surface area contributed by atoms with Crippen molar-refractivity contribution in [3.63, 3.8) is 0 Å². The molecule has 3 aromatic rings. The van der Waals surface area contributed by atoms with E-state index in [0.717, 1.165) is 11.0 Å². The molecule has 116 valence electrons. The van der Waals surface area contributed by atoms with Gasteiger partial charge in [-0.05, 0) is 37.3 Å². The average Bonchev–Trinajstić information content (AvgIpc) is 3.03. The Kier molecular flexibility index (Phi) is 4.05. The topological polar surface area (TPSA) is 86.9 Å². The van der Waals surface area contributed by atoms with Crippen LogP contribution in [0.4, 0.5) is 5.69 Å². The number of nitrogens with zero attached hydrogens (tertiary/aromatic N) is 1. The maximum absolute atomic E-state index is 12.3. The Balaban J connectivity index is 1.79. The molecule has 2 amide bonds. The summed E-state index contributed by atoms with van der Waals surface area (Å²) in [7, 11) is 0. The second kappa shape index (κ2) is 6.31. The average molecular weight is 308 g/mol. The molecule has 23 heavy (non-hydrogen) atoms. The third-order valence-electron chi connectivity index (χ3n) is 3.38. The van der Waals surface area contributed by atoms with Gasteiger partial charge >= 0.3 is 0 Å². The first-order chi connectivity index (χ1) is 11.2. The van der Waals surface area contributed by atoms with Crippen LogP contribution in [-0.2, 0) is 0 Å². The van der Waals surface area contributed by atoms with E-state index < -0.39 is 0 Å². The van der Waals surface area contributed by atoms with Crippen LogP contribution in [0.25, 0.3) is 11.0 Å². The Hall–Kier alpha value is -3.15. The highest BCUT2D eigenvalue weighted by molar-refractivity contribution is 6.06. The fraction of sp³-hybridized carbons (Fsp3) is 0.118. The van der Waals surface area contributed by atoms with Crippen molar-refractivity contribution in [2.75, 3.05) is 11.9 Å². The van der Waals surface area contributed by atoms with Crippen LogP contribution in [0.2, 0.25) is 0 Å². The third-order valence-corrected chi connectivity index (χ3v) is 3.38. The summed E-state index contributed by atoms with van der Waals surface area (Å²) in [6.45, 7) is 2.39. The SMILES string of the molecule is CCNC(=O)c1cccc(C(=O)Nc2cnc3[nH]ccc3c2)c1. The van der Waals surface area contributed by atoms with Gasteiger partial charge in [0.05, 0.1) is 11.9 Å². The lowest BCUT2D eigenvalue weighted by atomic mass is 10.1. The van der Waals surface area contributed by atoms with Crippen LogP contribution < -0.4 is 10.6 Å². The van der Waals surface area contributed by atoms with Crippen LogP contribution >= 0.6 is 0 Å². The largest absolute Gasteiger partial charge is 0.352 e. The minimum absolute atomic E-state index is 0.197. The molecule has 6 nitrogen and oxygen atoms in total. The molecule has 0 aliphatic carbocycles. The molecule has 0 aliphatic rings. The van der Waals surface area contributed by atoms with E-state index in [2.05, 4.69) is 20.6 Å². The van der Waals surface area contributed by atoms with Gasteiger partial charge in [0.2, 0.25) is 0 Å². The van der Waals surface area contributed by atoms with Gasteiger partial charge in [-0.15, -0.1) is 0 Å². The lowest BCUT2D eigenvalue weighted by Crippen LogP contribution is -2.23. The molecule has 2 aromatic heterocycles. The fourth-order valence-corrected chi connectivity index (χ4v) is 2.28. The lowest BCUT2D eigenvalue weighted by Gasteiger charge is -2.07. The van der Waals surface area contributed by atoms with Gasteiger partial charge in [0.15, 0.2) is 0 Å². The van der Waals surface area contributed by atoms with Crippen LogP contribution in [0.15, 0.2) is 48.8 Å². The summed E-state index contributed by atoms with van der Waals surface area (Å²) in [6, 6.07) is 10.3. The van der Waals surface area contributed by atoms with Gasteiger partial charge in [-0.2, -0.15) is 0 Å². The zero-order valence-corrected chi connectivity index (χ0v) is 12.6. The minimum Gasteiger partial charge on any atom is -0.352 e. The Morgan fingerprint density at radius 1 is 1.13 bits per heavy atom. The molecule has 0 saturated heterocycles. The van der Waals surface area contributed by atoms with Crippen molar-refractivity contribution < 1.29 is 9.59 Å². The number of carbonyl (C=O) groups excluding carboxylic acids is 2. The van der Waals surface area contributed by atoms with Crippen molar-refractivity contribution in [3.05, 3.63) is 59.9 Å². The second-order valence-corrected chi connectivity index (χ2v) is 5.03. The predicted molar refractivity (Wildman–Crippen MR) is 88.5 cm³/mol. The van der Waals surface area contributed by atoms with Gasteiger partial charge in [0, 0.05) is 29.3 Å². The number of rotatable bonds is 4. The predicted octanol–water partition coefficient (Wildman–Crippen LogP) is 2.56. The number of hydrogen-bond donors (Lipinski definition) is 3. The van der Waals surface area contributed by atoms with E-state index in [1.807, 2.05) is 19.1 Å². The highest BCUT2D eigenvalue weighted by Crippen LogP contribution is 2.16. The van der Waals surface area contributed by atoms with Crippen molar-refractivity contribution in [2.45, 2.75) is 6.92 Å². The normalized spacial score (nSPS) is 10.5. The number of nitrogens with one attached hydrogen (secondary N) is 3. The summed E-state index contributed by atoms with van der Waals surface area (Å²) in [5, 5.41) is 6.42. The number of fused-ring (bicyclic) bond motifs is 1. The number of aromatic nitrogens is 2. The van der Waals surface area contributed by atoms with Crippen LogP contribution in [0.3, 0.4) is 0 Å². The summed E-state index contributed by atoms with van der Waals surface area (Å²) in [5.74, 6) is -0.481. The van der Waals surface area contributed by atoms with Crippen molar-refractivity contribution in [1.29, 1.82) is 0 Å². The first-order valence-corrected chi connectivity index (χ1v) is 7.30. The van der Waals surface area contributed by atoms with Gasteiger partial charge in [-0.1, -0.05) is 6.07 Å². The Bertz CT molecular complexity index is 870. The standard InChI is InChI=1S/C17H16N4O2/c1-2-18-16(22)12-4-3-5-13(8-12)17(23)21-14-9-11-6-7-19-15(11)20-10-14/h3-10H,2H2,1H3,(H,18,22)(H,19,20)(H,21,23). The molecule has 2 heterocycles. The summed E-state index contributed by atoms with van der Waals surface area (Å²) in [4.78, 5) is 31.4. The molecule has 0 saturated carbocycles. The van der Waals surface area contributed by atoms with Crippen molar-refractivity contribution in [1.82, 2.24) is 15.3 Å². The van der Waals surface area contributed by atoms with Crippen LogP contribution in [-0.4, -0.2) is 28.3 Å². The molecule has 1 aromatic carbocycles. The first-order valence-electron chi connectivity index (χ1n) is 7.30. The minimum atomic E-state index is -0.284. The van der Waals surface area contributed by atoms with E-state index in [0.29, 0.717) is 23.4 Å². The zero-order chi connectivity index (χ0) is 16.2. The number of aromatic amines is 1. The van der Waals surface area contributed by atoms with E-state index in [1.54, 1.807) is 36.7 Å². The van der Waals surface area contributed by atoms with Crippen molar-refractivity contribution in [3.8, 4) is 0 Å². The number of benzene rings is 1. The van der Waals surface area contributed by atoms with Crippen LogP contribution in [0.1, 0.15) is 27.6 Å². The first kappa shape index (κ1) is 14.8. The summed E-state index contributed by atoms with van der Waals surface area (Å²) >= 11 is 0. The highest BCUT2D eigenvalue weighted by Gasteiger charge is 2.10. The molecular weight excluding hydrogens is 292 g/mol. The highest BCUT2D eigenvalue weighted by atomic mass is 16.2. The number of amides is 2. The molecule has 0 fully saturated rings. The monoisotopic (exact) mass is 308 g/mol. The molecule has 3 N–H and O–H groups in total. The number of anilines is 1. The number of hydrogen-bond acceptors (Lipinski definition) is 3. The van der Waals surface area contributed by atoms with Crippen molar-refractivity contribution >= 4 is 28.5 Å². The Morgan fingerprint density at radius 3 is 2.70 bits per heavy atom. The maximum atomic E-state index is 12.3. The molecular formula is C17H16N4O2. The Labute approximate surface area is 132 Å². The van der Waals surface area contributed by atoms with Crippen molar-refractivity contribution in [2.24, 2.45) is 0 Å². The van der Waals surface area contributed by atoms with Gasteiger partial charge < -0.3 is 15.6 Å². The second-order valence-electron chi connectivity index (χ2n) is 5.03. The van der Waals surface area contributed by atoms with E-state index in [1.165, 1.54) is 0 Å². The molecule has 0 radical (unpaired) electrons.